The fourth-order valence-electron chi connectivity index (χ4n) is 1.30. The van der Waals surface area contributed by atoms with E-state index >= 15 is 0 Å². The highest BCUT2D eigenvalue weighted by Crippen LogP contribution is 2.26. The van der Waals surface area contributed by atoms with Gasteiger partial charge in [0.2, 0.25) is 0 Å². The fraction of sp³-hybridized carbons (Fsp3) is 0.462. The molecule has 1 rings (SSSR count). The standard InChI is InChI=1S/C13H16F2O2/c1-8(17-12(16)13(2,3)4)11-9(14)6-5-7-10(11)15/h5-8H,1-4H3. The summed E-state index contributed by atoms with van der Waals surface area (Å²) >= 11 is 0. The van der Waals surface area contributed by atoms with Crippen molar-refractivity contribution in [2.45, 2.75) is 33.8 Å². The van der Waals surface area contributed by atoms with E-state index in [1.165, 1.54) is 13.0 Å². The summed E-state index contributed by atoms with van der Waals surface area (Å²) in [7, 11) is 0. The van der Waals surface area contributed by atoms with Crippen LogP contribution in [0.4, 0.5) is 8.78 Å². The topological polar surface area (TPSA) is 26.3 Å². The zero-order valence-corrected chi connectivity index (χ0v) is 10.4. The van der Waals surface area contributed by atoms with Gasteiger partial charge < -0.3 is 4.74 Å². The first-order valence-electron chi connectivity index (χ1n) is 5.38. The van der Waals surface area contributed by atoms with Gasteiger partial charge in [-0.2, -0.15) is 0 Å². The summed E-state index contributed by atoms with van der Waals surface area (Å²) < 4.78 is 31.9. The van der Waals surface area contributed by atoms with Gasteiger partial charge in [-0.15, -0.1) is 0 Å². The van der Waals surface area contributed by atoms with Crippen LogP contribution in [-0.4, -0.2) is 5.97 Å². The van der Waals surface area contributed by atoms with Gasteiger partial charge in [0, 0.05) is 0 Å². The van der Waals surface area contributed by atoms with Crippen molar-refractivity contribution < 1.29 is 18.3 Å². The van der Waals surface area contributed by atoms with Crippen molar-refractivity contribution in [3.63, 3.8) is 0 Å². The van der Waals surface area contributed by atoms with Crippen molar-refractivity contribution in [3.8, 4) is 0 Å². The maximum atomic E-state index is 13.4. The van der Waals surface area contributed by atoms with Gasteiger partial charge in [-0.05, 0) is 39.8 Å². The number of carbonyl (C=O) groups excluding carboxylic acids is 1. The Morgan fingerprint density at radius 3 is 2.12 bits per heavy atom. The Morgan fingerprint density at radius 2 is 1.71 bits per heavy atom. The van der Waals surface area contributed by atoms with E-state index in [4.69, 9.17) is 4.74 Å². The summed E-state index contributed by atoms with van der Waals surface area (Å²) in [6, 6.07) is 3.55. The molecule has 0 aliphatic rings. The lowest BCUT2D eigenvalue weighted by Crippen LogP contribution is -2.24. The predicted octanol–water partition coefficient (Wildman–Crippen LogP) is 3.62. The molecular formula is C13H16F2O2. The molecule has 0 spiro atoms. The zero-order chi connectivity index (χ0) is 13.2. The summed E-state index contributed by atoms with van der Waals surface area (Å²) in [5.41, 5.74) is -0.916. The molecule has 2 nitrogen and oxygen atoms in total. The molecule has 94 valence electrons. The Kier molecular flexibility index (Phi) is 3.86. The quantitative estimate of drug-likeness (QED) is 0.740. The second-order valence-electron chi connectivity index (χ2n) is 4.93. The van der Waals surface area contributed by atoms with E-state index in [0.29, 0.717) is 0 Å². The molecule has 0 bridgehead atoms. The first kappa shape index (κ1) is 13.6. The number of carbonyl (C=O) groups is 1. The van der Waals surface area contributed by atoms with Gasteiger partial charge in [0.25, 0.3) is 0 Å². The van der Waals surface area contributed by atoms with Crippen LogP contribution in [0.1, 0.15) is 39.4 Å². The lowest BCUT2D eigenvalue weighted by molar-refractivity contribution is -0.158. The van der Waals surface area contributed by atoms with E-state index in [1.54, 1.807) is 20.8 Å². The van der Waals surface area contributed by atoms with Crippen LogP contribution < -0.4 is 0 Å². The molecule has 0 N–H and O–H groups in total. The highest BCUT2D eigenvalue weighted by Gasteiger charge is 2.27. The molecule has 4 heteroatoms. The number of benzene rings is 1. The van der Waals surface area contributed by atoms with E-state index in [2.05, 4.69) is 0 Å². The van der Waals surface area contributed by atoms with Crippen LogP contribution in [0.25, 0.3) is 0 Å². The second kappa shape index (κ2) is 4.82. The first-order valence-corrected chi connectivity index (χ1v) is 5.38. The molecule has 0 aliphatic carbocycles. The molecule has 0 amide bonds. The van der Waals surface area contributed by atoms with E-state index in [-0.39, 0.29) is 5.56 Å². The number of esters is 1. The third-order valence-electron chi connectivity index (χ3n) is 2.30. The highest BCUT2D eigenvalue weighted by molar-refractivity contribution is 5.75. The molecular weight excluding hydrogens is 226 g/mol. The van der Waals surface area contributed by atoms with E-state index in [0.717, 1.165) is 12.1 Å². The van der Waals surface area contributed by atoms with Crippen LogP contribution in [0.15, 0.2) is 18.2 Å². The van der Waals surface area contributed by atoms with E-state index in [1.807, 2.05) is 0 Å². The van der Waals surface area contributed by atoms with E-state index < -0.39 is 29.1 Å². The molecule has 0 fully saturated rings. The number of ether oxygens (including phenoxy) is 1. The second-order valence-corrected chi connectivity index (χ2v) is 4.93. The lowest BCUT2D eigenvalue weighted by Gasteiger charge is -2.21. The first-order chi connectivity index (χ1) is 7.73. The molecule has 1 unspecified atom stereocenters. The molecule has 0 saturated carbocycles. The van der Waals surface area contributed by atoms with E-state index in [9.17, 15) is 13.6 Å². The Morgan fingerprint density at radius 1 is 1.24 bits per heavy atom. The molecule has 0 aromatic heterocycles. The fourth-order valence-corrected chi connectivity index (χ4v) is 1.30. The van der Waals surface area contributed by atoms with Crippen LogP contribution in [0, 0.1) is 17.0 Å². The van der Waals surface area contributed by atoms with Gasteiger partial charge in [0.05, 0.1) is 11.0 Å². The van der Waals surface area contributed by atoms with Crippen molar-refractivity contribution >= 4 is 5.97 Å². The largest absolute Gasteiger partial charge is 0.457 e. The van der Waals surface area contributed by atoms with Crippen molar-refractivity contribution in [1.82, 2.24) is 0 Å². The smallest absolute Gasteiger partial charge is 0.311 e. The van der Waals surface area contributed by atoms with Gasteiger partial charge in [-0.1, -0.05) is 6.07 Å². The van der Waals surface area contributed by atoms with Crippen LogP contribution in [0.2, 0.25) is 0 Å². The monoisotopic (exact) mass is 242 g/mol. The van der Waals surface area contributed by atoms with Crippen molar-refractivity contribution in [2.24, 2.45) is 5.41 Å². The molecule has 1 aromatic carbocycles. The third-order valence-corrected chi connectivity index (χ3v) is 2.30. The average molecular weight is 242 g/mol. The minimum absolute atomic E-state index is 0.217. The van der Waals surface area contributed by atoms with Gasteiger partial charge in [0.15, 0.2) is 0 Å². The Bertz CT molecular complexity index is 402. The van der Waals surface area contributed by atoms with Crippen LogP contribution >= 0.6 is 0 Å². The average Bonchev–Trinajstić information content (AvgIpc) is 2.15. The third kappa shape index (κ3) is 3.25. The SMILES string of the molecule is CC(OC(=O)C(C)(C)C)c1c(F)cccc1F. The Labute approximate surface area is 99.6 Å². The number of hydrogen-bond acceptors (Lipinski definition) is 2. The normalized spacial score (nSPS) is 13.3. The van der Waals surface area contributed by atoms with Crippen LogP contribution in [0.5, 0.6) is 0 Å². The molecule has 17 heavy (non-hydrogen) atoms. The van der Waals surface area contributed by atoms with Crippen molar-refractivity contribution in [1.29, 1.82) is 0 Å². The predicted molar refractivity (Wildman–Crippen MR) is 60.3 cm³/mol. The van der Waals surface area contributed by atoms with Crippen molar-refractivity contribution in [2.75, 3.05) is 0 Å². The van der Waals surface area contributed by atoms with Crippen LogP contribution in [-0.2, 0) is 9.53 Å². The van der Waals surface area contributed by atoms with Crippen LogP contribution in [0.3, 0.4) is 0 Å². The summed E-state index contributed by atoms with van der Waals surface area (Å²) in [4.78, 5) is 11.6. The van der Waals surface area contributed by atoms with Gasteiger partial charge in [-0.3, -0.25) is 4.79 Å². The maximum Gasteiger partial charge on any atom is 0.311 e. The lowest BCUT2D eigenvalue weighted by atomic mass is 9.97. The summed E-state index contributed by atoms with van der Waals surface area (Å²) in [5, 5.41) is 0. The minimum atomic E-state index is -0.942. The molecule has 0 heterocycles. The molecule has 1 atom stereocenters. The highest BCUT2D eigenvalue weighted by atomic mass is 19.1. The number of hydrogen-bond donors (Lipinski definition) is 0. The molecule has 0 radical (unpaired) electrons. The minimum Gasteiger partial charge on any atom is -0.457 e. The maximum absolute atomic E-state index is 13.4. The molecule has 0 saturated heterocycles. The Hall–Kier alpha value is -1.45. The number of rotatable bonds is 2. The summed E-state index contributed by atoms with van der Waals surface area (Å²) in [5.74, 6) is -1.91. The van der Waals surface area contributed by atoms with Crippen molar-refractivity contribution in [3.05, 3.63) is 35.4 Å². The molecule has 1 aromatic rings. The summed E-state index contributed by atoms with van der Waals surface area (Å²) in [6.45, 7) is 6.49. The zero-order valence-electron chi connectivity index (χ0n) is 10.4. The Balaban J connectivity index is 2.91. The van der Waals surface area contributed by atoms with Gasteiger partial charge in [-0.25, -0.2) is 8.78 Å². The number of halogens is 2. The van der Waals surface area contributed by atoms with Gasteiger partial charge in [0.1, 0.15) is 17.7 Å². The van der Waals surface area contributed by atoms with Gasteiger partial charge >= 0.3 is 5.97 Å². The molecule has 0 aliphatic heterocycles. The summed E-state index contributed by atoms with van der Waals surface area (Å²) in [6.07, 6.45) is -0.942.